The van der Waals surface area contributed by atoms with Crippen molar-refractivity contribution < 1.29 is 9.90 Å². The number of carbonyl (C=O) groups excluding carboxylic acids is 1. The van der Waals surface area contributed by atoms with Gasteiger partial charge >= 0.3 is 0 Å². The normalized spacial score (nSPS) is 13.9. The molecule has 1 amide bonds. The van der Waals surface area contributed by atoms with Crippen molar-refractivity contribution in [3.8, 4) is 28.9 Å². The molecule has 0 atom stereocenters. The molecule has 1 N–H and O–H groups in total. The van der Waals surface area contributed by atoms with Crippen LogP contribution in [0.1, 0.15) is 41.0 Å². The summed E-state index contributed by atoms with van der Waals surface area (Å²) in [6, 6.07) is 12.8. The van der Waals surface area contributed by atoms with Gasteiger partial charge < -0.3 is 5.11 Å². The van der Waals surface area contributed by atoms with Gasteiger partial charge in [-0.25, -0.2) is 9.99 Å². The number of aliphatic hydroxyl groups is 1. The van der Waals surface area contributed by atoms with Crippen LogP contribution >= 0.6 is 23.2 Å². The summed E-state index contributed by atoms with van der Waals surface area (Å²) in [5, 5.41) is 13.7. The predicted molar refractivity (Wildman–Crippen MR) is 135 cm³/mol. The second-order valence-electron chi connectivity index (χ2n) is 8.18. The van der Waals surface area contributed by atoms with Crippen LogP contribution in [-0.2, 0) is 0 Å². The quantitative estimate of drug-likeness (QED) is 0.517. The molecule has 3 aromatic rings. The maximum atomic E-state index is 13.5. The van der Waals surface area contributed by atoms with E-state index in [9.17, 15) is 4.79 Å². The number of nitrogens with zero attached hydrogens (tertiary/aromatic N) is 4. The Morgan fingerprint density at radius 2 is 1.82 bits per heavy atom. The average Bonchev–Trinajstić information content (AvgIpc) is 3.19. The maximum absolute atomic E-state index is 13.5. The van der Waals surface area contributed by atoms with Crippen LogP contribution in [0.15, 0.2) is 42.5 Å². The minimum absolute atomic E-state index is 0.157. The second-order valence-corrected chi connectivity index (χ2v) is 9.02. The van der Waals surface area contributed by atoms with Crippen molar-refractivity contribution in [3.63, 3.8) is 0 Å². The Morgan fingerprint density at radius 3 is 2.47 bits per heavy atom. The summed E-state index contributed by atoms with van der Waals surface area (Å²) in [6.07, 6.45) is 3.33. The maximum Gasteiger partial charge on any atom is 0.288 e. The lowest BCUT2D eigenvalue weighted by Gasteiger charge is -2.34. The van der Waals surface area contributed by atoms with Gasteiger partial charge in [-0.05, 0) is 62.2 Å². The van der Waals surface area contributed by atoms with Crippen molar-refractivity contribution in [2.45, 2.75) is 26.2 Å². The van der Waals surface area contributed by atoms with Crippen LogP contribution in [0.3, 0.4) is 0 Å². The van der Waals surface area contributed by atoms with Gasteiger partial charge in [-0.1, -0.05) is 41.5 Å². The zero-order chi connectivity index (χ0) is 24.2. The van der Waals surface area contributed by atoms with Gasteiger partial charge in [0.15, 0.2) is 5.69 Å². The molecule has 0 spiro atoms. The Kier molecular flexibility index (Phi) is 7.60. The topological polar surface area (TPSA) is 61.6 Å². The lowest BCUT2D eigenvalue weighted by molar-refractivity contribution is -0.00546. The smallest absolute Gasteiger partial charge is 0.288 e. The molecule has 0 radical (unpaired) electrons. The van der Waals surface area contributed by atoms with Gasteiger partial charge in [0, 0.05) is 42.0 Å². The molecule has 8 heteroatoms. The summed E-state index contributed by atoms with van der Waals surface area (Å²) >= 11 is 12.7. The fourth-order valence-corrected chi connectivity index (χ4v) is 4.66. The fourth-order valence-electron chi connectivity index (χ4n) is 4.17. The van der Waals surface area contributed by atoms with E-state index in [4.69, 9.17) is 33.3 Å². The summed E-state index contributed by atoms with van der Waals surface area (Å²) in [6.45, 7) is 3.40. The number of amides is 1. The summed E-state index contributed by atoms with van der Waals surface area (Å²) in [5.41, 5.74) is 3.36. The van der Waals surface area contributed by atoms with Gasteiger partial charge in [0.2, 0.25) is 0 Å². The van der Waals surface area contributed by atoms with Crippen LogP contribution in [-0.4, -0.2) is 57.3 Å². The van der Waals surface area contributed by atoms with Gasteiger partial charge in [-0.2, -0.15) is 0 Å². The molecule has 2 heterocycles. The SMILES string of the molecule is Cc1c(C(=O)N(C)N2CCCCC2)nc(-c2ccc(Cl)cc2Cl)n1-c1ccc(C#CCO)cc1. The highest BCUT2D eigenvalue weighted by molar-refractivity contribution is 6.36. The van der Waals surface area contributed by atoms with Gasteiger partial charge in [0.05, 0.1) is 10.7 Å². The molecule has 6 nitrogen and oxygen atoms in total. The monoisotopic (exact) mass is 496 g/mol. The second kappa shape index (κ2) is 10.6. The number of hydrogen-bond donors (Lipinski definition) is 1. The molecule has 4 rings (SSSR count). The third kappa shape index (κ3) is 4.98. The number of benzene rings is 2. The number of carbonyl (C=O) groups is 1. The Labute approximate surface area is 209 Å². The first-order chi connectivity index (χ1) is 16.4. The van der Waals surface area contributed by atoms with Crippen molar-refractivity contribution in [1.29, 1.82) is 0 Å². The fraction of sp³-hybridized carbons (Fsp3) is 0.308. The number of halogens is 2. The highest BCUT2D eigenvalue weighted by Crippen LogP contribution is 2.33. The molecule has 176 valence electrons. The van der Waals surface area contributed by atoms with Crippen molar-refractivity contribution in [3.05, 3.63) is 69.5 Å². The zero-order valence-corrected chi connectivity index (χ0v) is 20.7. The number of rotatable bonds is 4. The largest absolute Gasteiger partial charge is 0.384 e. The van der Waals surface area contributed by atoms with Crippen LogP contribution in [0.2, 0.25) is 10.0 Å². The zero-order valence-electron chi connectivity index (χ0n) is 19.2. The molecule has 0 saturated carbocycles. The lowest BCUT2D eigenvalue weighted by Crippen LogP contribution is -2.46. The minimum Gasteiger partial charge on any atom is -0.384 e. The lowest BCUT2D eigenvalue weighted by atomic mass is 10.1. The summed E-state index contributed by atoms with van der Waals surface area (Å²) in [5.74, 6) is 5.95. The van der Waals surface area contributed by atoms with Gasteiger partial charge in [-0.15, -0.1) is 0 Å². The highest BCUT2D eigenvalue weighted by atomic mass is 35.5. The van der Waals surface area contributed by atoms with Crippen molar-refractivity contribution in [2.24, 2.45) is 0 Å². The minimum atomic E-state index is -0.197. The Hall–Kier alpha value is -2.82. The molecular formula is C26H26Cl2N4O2. The first kappa shape index (κ1) is 24.3. The van der Waals surface area contributed by atoms with Crippen LogP contribution in [0, 0.1) is 18.8 Å². The van der Waals surface area contributed by atoms with E-state index in [0.717, 1.165) is 37.2 Å². The Bertz CT molecular complexity index is 1250. The van der Waals surface area contributed by atoms with Crippen molar-refractivity contribution in [2.75, 3.05) is 26.7 Å². The van der Waals surface area contributed by atoms with E-state index in [2.05, 4.69) is 16.8 Å². The molecule has 1 aromatic heterocycles. The number of hydrogen-bond acceptors (Lipinski definition) is 4. The number of piperidine rings is 1. The van der Waals surface area contributed by atoms with E-state index in [0.29, 0.717) is 32.8 Å². The molecule has 1 aliphatic rings. The van der Waals surface area contributed by atoms with Gasteiger partial charge in [0.25, 0.3) is 5.91 Å². The van der Waals surface area contributed by atoms with Crippen LogP contribution < -0.4 is 0 Å². The highest BCUT2D eigenvalue weighted by Gasteiger charge is 2.28. The number of imidazole rings is 1. The molecule has 0 aliphatic carbocycles. The third-order valence-electron chi connectivity index (χ3n) is 5.97. The first-order valence-corrected chi connectivity index (χ1v) is 11.9. The van der Waals surface area contributed by atoms with Crippen LogP contribution in [0.4, 0.5) is 0 Å². The van der Waals surface area contributed by atoms with Crippen molar-refractivity contribution in [1.82, 2.24) is 19.6 Å². The number of hydrazine groups is 1. The number of aromatic nitrogens is 2. The summed E-state index contributed by atoms with van der Waals surface area (Å²) in [7, 11) is 1.80. The van der Waals surface area contributed by atoms with E-state index in [1.54, 1.807) is 24.2 Å². The van der Waals surface area contributed by atoms with Gasteiger partial charge in [0.1, 0.15) is 12.4 Å². The molecule has 2 aromatic carbocycles. The molecule has 0 unspecified atom stereocenters. The summed E-state index contributed by atoms with van der Waals surface area (Å²) < 4.78 is 1.93. The van der Waals surface area contributed by atoms with Gasteiger partial charge in [-0.3, -0.25) is 14.4 Å². The van der Waals surface area contributed by atoms with E-state index in [1.165, 1.54) is 6.42 Å². The van der Waals surface area contributed by atoms with E-state index < -0.39 is 0 Å². The summed E-state index contributed by atoms with van der Waals surface area (Å²) in [4.78, 5) is 18.3. The molecule has 1 aliphatic heterocycles. The van der Waals surface area contributed by atoms with E-state index >= 15 is 0 Å². The molecule has 1 fully saturated rings. The molecule has 0 bridgehead atoms. The number of aliphatic hydroxyl groups excluding tert-OH is 1. The molecule has 34 heavy (non-hydrogen) atoms. The Balaban J connectivity index is 1.81. The molecular weight excluding hydrogens is 471 g/mol. The average molecular weight is 497 g/mol. The van der Waals surface area contributed by atoms with E-state index in [1.807, 2.05) is 41.8 Å². The third-order valence-corrected chi connectivity index (χ3v) is 6.52. The van der Waals surface area contributed by atoms with E-state index in [-0.39, 0.29) is 12.5 Å². The van der Waals surface area contributed by atoms with Crippen LogP contribution in [0.25, 0.3) is 17.1 Å². The van der Waals surface area contributed by atoms with Crippen LogP contribution in [0.5, 0.6) is 0 Å². The standard InChI is InChI=1S/C26H26Cl2N4O2/c1-18-24(26(34)30(2)31-14-4-3-5-15-31)29-25(22-13-10-20(27)17-23(22)28)32(18)21-11-8-19(9-12-21)7-6-16-33/h8-13,17,33H,3-5,14-16H2,1-2H3. The Morgan fingerprint density at radius 1 is 1.12 bits per heavy atom. The predicted octanol–water partition coefficient (Wildman–Crippen LogP) is 4.97. The van der Waals surface area contributed by atoms with Crippen molar-refractivity contribution >= 4 is 29.1 Å². The molecule has 1 saturated heterocycles. The first-order valence-electron chi connectivity index (χ1n) is 11.2.